The highest BCUT2D eigenvalue weighted by Gasteiger charge is 2.40. The second kappa shape index (κ2) is 5.14. The van der Waals surface area contributed by atoms with Crippen molar-refractivity contribution in [2.24, 2.45) is 5.92 Å². The summed E-state index contributed by atoms with van der Waals surface area (Å²) in [5.74, 6) is -0.491. The average Bonchev–Trinajstić information content (AvgIpc) is 2.57. The Morgan fingerprint density at radius 2 is 2.11 bits per heavy atom. The third-order valence-electron chi connectivity index (χ3n) is 4.01. The summed E-state index contributed by atoms with van der Waals surface area (Å²) in [6.07, 6.45) is 2.27. The number of amides is 2. The van der Waals surface area contributed by atoms with Crippen LogP contribution in [0.1, 0.15) is 12.8 Å². The predicted molar refractivity (Wildman–Crippen MR) is 66.4 cm³/mol. The Kier molecular flexibility index (Phi) is 3.75. The van der Waals surface area contributed by atoms with E-state index >= 15 is 0 Å². The van der Waals surface area contributed by atoms with Gasteiger partial charge in [0.15, 0.2) is 0 Å². The SMILES string of the molecule is CN1CCCC(C2CN(CC(=O)O)C(=O)N2C)C1. The number of piperidine rings is 1. The first-order chi connectivity index (χ1) is 8.49. The molecule has 0 bridgehead atoms. The lowest BCUT2D eigenvalue weighted by Crippen LogP contribution is -2.44. The fraction of sp³-hybridized carbons (Fsp3) is 0.833. The predicted octanol–water partition coefficient (Wildman–Crippen LogP) is 0.149. The van der Waals surface area contributed by atoms with Crippen molar-refractivity contribution in [1.29, 1.82) is 0 Å². The van der Waals surface area contributed by atoms with E-state index in [4.69, 9.17) is 5.11 Å². The molecule has 0 aromatic rings. The molecule has 2 aliphatic rings. The molecule has 102 valence electrons. The number of carboxylic acids is 1. The minimum atomic E-state index is -0.946. The van der Waals surface area contributed by atoms with Crippen LogP contribution in [0.3, 0.4) is 0 Å². The number of hydrogen-bond acceptors (Lipinski definition) is 3. The fourth-order valence-corrected chi connectivity index (χ4v) is 3.07. The van der Waals surface area contributed by atoms with Crippen LogP contribution in [0, 0.1) is 5.92 Å². The average molecular weight is 255 g/mol. The molecule has 2 aliphatic heterocycles. The van der Waals surface area contributed by atoms with Crippen LogP contribution in [0.25, 0.3) is 0 Å². The normalized spacial score (nSPS) is 30.0. The van der Waals surface area contributed by atoms with Gasteiger partial charge in [0.05, 0.1) is 6.04 Å². The molecule has 2 amide bonds. The van der Waals surface area contributed by atoms with Crippen LogP contribution in [0.4, 0.5) is 4.79 Å². The van der Waals surface area contributed by atoms with Crippen molar-refractivity contribution in [3.8, 4) is 0 Å². The monoisotopic (exact) mass is 255 g/mol. The van der Waals surface area contributed by atoms with Gasteiger partial charge in [-0.1, -0.05) is 0 Å². The van der Waals surface area contributed by atoms with Gasteiger partial charge >= 0.3 is 12.0 Å². The topological polar surface area (TPSA) is 64.1 Å². The van der Waals surface area contributed by atoms with E-state index in [0.29, 0.717) is 12.5 Å². The third kappa shape index (κ3) is 2.58. The van der Waals surface area contributed by atoms with Crippen LogP contribution >= 0.6 is 0 Å². The number of likely N-dealkylation sites (N-methyl/N-ethyl adjacent to an activating group) is 1. The molecule has 1 N–H and O–H groups in total. The van der Waals surface area contributed by atoms with Gasteiger partial charge in [-0.2, -0.15) is 0 Å². The van der Waals surface area contributed by atoms with Crippen molar-refractivity contribution in [1.82, 2.24) is 14.7 Å². The van der Waals surface area contributed by atoms with Crippen LogP contribution in [0.2, 0.25) is 0 Å². The highest BCUT2D eigenvalue weighted by molar-refractivity contribution is 5.82. The molecule has 18 heavy (non-hydrogen) atoms. The molecule has 2 saturated heterocycles. The van der Waals surface area contributed by atoms with Gasteiger partial charge in [0.25, 0.3) is 0 Å². The smallest absolute Gasteiger partial charge is 0.323 e. The van der Waals surface area contributed by atoms with E-state index in [0.717, 1.165) is 25.9 Å². The van der Waals surface area contributed by atoms with Gasteiger partial charge in [-0.05, 0) is 32.4 Å². The lowest BCUT2D eigenvalue weighted by molar-refractivity contribution is -0.137. The summed E-state index contributed by atoms with van der Waals surface area (Å²) < 4.78 is 0. The summed E-state index contributed by atoms with van der Waals surface area (Å²) in [7, 11) is 3.88. The van der Waals surface area contributed by atoms with Crippen molar-refractivity contribution in [3.05, 3.63) is 0 Å². The number of hydrogen-bond donors (Lipinski definition) is 1. The number of rotatable bonds is 3. The molecular formula is C12H21N3O3. The molecule has 0 spiro atoms. The van der Waals surface area contributed by atoms with Crippen LogP contribution in [-0.2, 0) is 4.79 Å². The summed E-state index contributed by atoms with van der Waals surface area (Å²) >= 11 is 0. The molecule has 6 heteroatoms. The molecule has 6 nitrogen and oxygen atoms in total. The molecule has 2 fully saturated rings. The largest absolute Gasteiger partial charge is 0.480 e. The molecule has 0 aromatic carbocycles. The number of carbonyl (C=O) groups excluding carboxylic acids is 1. The van der Waals surface area contributed by atoms with Gasteiger partial charge in [0.2, 0.25) is 0 Å². The number of aliphatic carboxylic acids is 1. The number of carboxylic acid groups (broad SMARTS) is 1. The Bertz CT molecular complexity index is 347. The van der Waals surface area contributed by atoms with Crippen molar-refractivity contribution >= 4 is 12.0 Å². The quantitative estimate of drug-likeness (QED) is 0.779. The van der Waals surface area contributed by atoms with Gasteiger partial charge in [0.1, 0.15) is 6.54 Å². The zero-order valence-electron chi connectivity index (χ0n) is 11.0. The van der Waals surface area contributed by atoms with Crippen molar-refractivity contribution < 1.29 is 14.7 Å². The number of carbonyl (C=O) groups is 2. The van der Waals surface area contributed by atoms with Gasteiger partial charge in [-0.3, -0.25) is 4.79 Å². The van der Waals surface area contributed by atoms with E-state index in [1.807, 2.05) is 0 Å². The van der Waals surface area contributed by atoms with Crippen LogP contribution in [-0.4, -0.2) is 78.1 Å². The third-order valence-corrected chi connectivity index (χ3v) is 4.01. The molecule has 2 atom stereocenters. The summed E-state index contributed by atoms with van der Waals surface area (Å²) in [6.45, 7) is 2.45. The summed E-state index contributed by atoms with van der Waals surface area (Å²) in [6, 6.07) is -0.00442. The maximum atomic E-state index is 12.0. The first-order valence-corrected chi connectivity index (χ1v) is 6.41. The van der Waals surface area contributed by atoms with E-state index in [1.165, 1.54) is 4.90 Å². The number of likely N-dealkylation sites (tertiary alicyclic amines) is 1. The van der Waals surface area contributed by atoms with E-state index in [9.17, 15) is 9.59 Å². The summed E-state index contributed by atoms with van der Waals surface area (Å²) in [5, 5.41) is 8.80. The highest BCUT2D eigenvalue weighted by Crippen LogP contribution is 2.27. The Labute approximate surface area is 107 Å². The lowest BCUT2D eigenvalue weighted by atomic mass is 9.90. The molecule has 0 aromatic heterocycles. The van der Waals surface area contributed by atoms with Gasteiger partial charge in [-0.25, -0.2) is 4.79 Å². The number of urea groups is 1. The molecule has 0 saturated carbocycles. The minimum Gasteiger partial charge on any atom is -0.480 e. The zero-order valence-corrected chi connectivity index (χ0v) is 11.0. The van der Waals surface area contributed by atoms with Crippen molar-refractivity contribution in [2.45, 2.75) is 18.9 Å². The second-order valence-electron chi connectivity index (χ2n) is 5.40. The van der Waals surface area contributed by atoms with E-state index in [-0.39, 0.29) is 18.6 Å². The molecular weight excluding hydrogens is 234 g/mol. The Hall–Kier alpha value is -1.30. The Morgan fingerprint density at radius 3 is 2.72 bits per heavy atom. The zero-order chi connectivity index (χ0) is 13.3. The van der Waals surface area contributed by atoms with E-state index in [2.05, 4.69) is 11.9 Å². The maximum absolute atomic E-state index is 12.0. The van der Waals surface area contributed by atoms with Crippen LogP contribution in [0.15, 0.2) is 0 Å². The summed E-state index contributed by atoms with van der Waals surface area (Å²) in [4.78, 5) is 28.1. The fourth-order valence-electron chi connectivity index (χ4n) is 3.07. The van der Waals surface area contributed by atoms with E-state index < -0.39 is 5.97 Å². The minimum absolute atomic E-state index is 0.152. The highest BCUT2D eigenvalue weighted by atomic mass is 16.4. The van der Waals surface area contributed by atoms with Crippen LogP contribution in [0.5, 0.6) is 0 Å². The first-order valence-electron chi connectivity index (χ1n) is 6.41. The van der Waals surface area contributed by atoms with Crippen molar-refractivity contribution in [2.75, 3.05) is 40.3 Å². The standard InChI is InChI=1S/C12H21N3O3/c1-13-5-3-4-9(6-13)10-7-15(8-11(16)17)12(18)14(10)2/h9-10H,3-8H2,1-2H3,(H,16,17). The molecule has 2 heterocycles. The maximum Gasteiger partial charge on any atom is 0.323 e. The van der Waals surface area contributed by atoms with Gasteiger partial charge < -0.3 is 19.8 Å². The van der Waals surface area contributed by atoms with E-state index in [1.54, 1.807) is 11.9 Å². The molecule has 0 radical (unpaired) electrons. The van der Waals surface area contributed by atoms with Gasteiger partial charge in [0, 0.05) is 20.1 Å². The summed E-state index contributed by atoms with van der Waals surface area (Å²) in [5.41, 5.74) is 0. The number of nitrogens with zero attached hydrogens (tertiary/aromatic N) is 3. The molecule has 0 aliphatic carbocycles. The Morgan fingerprint density at radius 1 is 1.39 bits per heavy atom. The van der Waals surface area contributed by atoms with Gasteiger partial charge in [-0.15, -0.1) is 0 Å². The molecule has 2 rings (SSSR count). The molecule has 2 unspecified atom stereocenters. The lowest BCUT2D eigenvalue weighted by Gasteiger charge is -2.35. The Balaban J connectivity index is 2.01. The second-order valence-corrected chi connectivity index (χ2v) is 5.40. The first kappa shape index (κ1) is 13.1. The van der Waals surface area contributed by atoms with Crippen molar-refractivity contribution in [3.63, 3.8) is 0 Å². The van der Waals surface area contributed by atoms with Crippen LogP contribution < -0.4 is 0 Å².